The minimum Gasteiger partial charge on any atom is -0.457 e. The van der Waals surface area contributed by atoms with Crippen molar-refractivity contribution >= 4 is 21.6 Å². The molecule has 0 aliphatic rings. The van der Waals surface area contributed by atoms with Crippen LogP contribution in [-0.4, -0.2) is 0 Å². The lowest BCUT2D eigenvalue weighted by atomic mass is 10.1. The van der Waals surface area contributed by atoms with E-state index in [-0.39, 0.29) is 0 Å². The number of hydrogen-bond acceptors (Lipinski definition) is 2. The highest BCUT2D eigenvalue weighted by Crippen LogP contribution is 2.29. The van der Waals surface area contributed by atoms with Crippen LogP contribution in [0, 0.1) is 13.8 Å². The number of halogens is 1. The van der Waals surface area contributed by atoms with Crippen molar-refractivity contribution in [3.8, 4) is 11.5 Å². The van der Waals surface area contributed by atoms with Crippen LogP contribution in [0.1, 0.15) is 11.1 Å². The van der Waals surface area contributed by atoms with Crippen LogP contribution in [-0.2, 0) is 0 Å². The fourth-order valence-corrected chi connectivity index (χ4v) is 2.06. The standard InChI is InChI=1S/C14H14BrNO/c1-9-5-10(2)7-12(6-9)17-11-3-4-14(16)13(15)8-11/h3-8H,16H2,1-2H3. The van der Waals surface area contributed by atoms with Gasteiger partial charge in [0.05, 0.1) is 0 Å². The normalized spacial score (nSPS) is 10.3. The molecule has 0 spiro atoms. The van der Waals surface area contributed by atoms with Gasteiger partial charge in [0.2, 0.25) is 0 Å². The van der Waals surface area contributed by atoms with E-state index in [2.05, 4.69) is 35.8 Å². The number of benzene rings is 2. The van der Waals surface area contributed by atoms with Gasteiger partial charge in [-0.15, -0.1) is 0 Å². The number of hydrogen-bond donors (Lipinski definition) is 1. The van der Waals surface area contributed by atoms with Crippen molar-refractivity contribution in [3.63, 3.8) is 0 Å². The molecule has 17 heavy (non-hydrogen) atoms. The lowest BCUT2D eigenvalue weighted by Gasteiger charge is -2.09. The van der Waals surface area contributed by atoms with E-state index in [1.807, 2.05) is 30.3 Å². The monoisotopic (exact) mass is 291 g/mol. The minimum atomic E-state index is 0.706. The van der Waals surface area contributed by atoms with Crippen molar-refractivity contribution < 1.29 is 4.74 Å². The molecule has 0 saturated heterocycles. The fraction of sp³-hybridized carbons (Fsp3) is 0.143. The van der Waals surface area contributed by atoms with E-state index in [1.165, 1.54) is 11.1 Å². The Hall–Kier alpha value is -1.48. The minimum absolute atomic E-state index is 0.706. The second kappa shape index (κ2) is 4.80. The Morgan fingerprint density at radius 3 is 2.18 bits per heavy atom. The van der Waals surface area contributed by atoms with Gasteiger partial charge in [-0.05, 0) is 71.2 Å². The fourth-order valence-electron chi connectivity index (χ4n) is 1.70. The molecule has 0 atom stereocenters. The number of rotatable bonds is 2. The van der Waals surface area contributed by atoms with Gasteiger partial charge in [-0.2, -0.15) is 0 Å². The molecule has 0 aliphatic carbocycles. The van der Waals surface area contributed by atoms with Gasteiger partial charge in [0.15, 0.2) is 0 Å². The Balaban J connectivity index is 2.28. The molecule has 0 aromatic heterocycles. The van der Waals surface area contributed by atoms with Crippen LogP contribution in [0.3, 0.4) is 0 Å². The van der Waals surface area contributed by atoms with E-state index in [0.717, 1.165) is 16.0 Å². The predicted octanol–water partition coefficient (Wildman–Crippen LogP) is 4.44. The second-order valence-electron chi connectivity index (χ2n) is 4.11. The molecule has 0 amide bonds. The summed E-state index contributed by atoms with van der Waals surface area (Å²) in [5.74, 6) is 1.62. The van der Waals surface area contributed by atoms with Gasteiger partial charge in [-0.3, -0.25) is 0 Å². The average Bonchev–Trinajstić information content (AvgIpc) is 2.22. The average molecular weight is 292 g/mol. The maximum absolute atomic E-state index is 5.79. The first-order chi connectivity index (χ1) is 8.04. The van der Waals surface area contributed by atoms with Gasteiger partial charge in [0.1, 0.15) is 11.5 Å². The van der Waals surface area contributed by atoms with Crippen molar-refractivity contribution in [1.29, 1.82) is 0 Å². The third-order valence-corrected chi connectivity index (χ3v) is 3.09. The zero-order valence-electron chi connectivity index (χ0n) is 9.83. The van der Waals surface area contributed by atoms with Crippen LogP contribution in [0.5, 0.6) is 11.5 Å². The molecule has 0 unspecified atom stereocenters. The Morgan fingerprint density at radius 1 is 0.941 bits per heavy atom. The smallest absolute Gasteiger partial charge is 0.128 e. The van der Waals surface area contributed by atoms with Crippen LogP contribution in [0.25, 0.3) is 0 Å². The lowest BCUT2D eigenvalue weighted by molar-refractivity contribution is 0.481. The molecule has 2 aromatic rings. The topological polar surface area (TPSA) is 35.2 Å². The Morgan fingerprint density at radius 2 is 1.59 bits per heavy atom. The highest BCUT2D eigenvalue weighted by Gasteiger charge is 2.02. The molecule has 2 aromatic carbocycles. The zero-order chi connectivity index (χ0) is 12.4. The summed E-state index contributed by atoms with van der Waals surface area (Å²) in [6, 6.07) is 11.7. The highest BCUT2D eigenvalue weighted by atomic mass is 79.9. The molecule has 0 fully saturated rings. The van der Waals surface area contributed by atoms with E-state index in [9.17, 15) is 0 Å². The third-order valence-electron chi connectivity index (χ3n) is 2.40. The first kappa shape index (κ1) is 12.0. The summed E-state index contributed by atoms with van der Waals surface area (Å²) >= 11 is 3.38. The molecule has 0 saturated carbocycles. The molecule has 0 heterocycles. The van der Waals surface area contributed by atoms with Crippen LogP contribution in [0.4, 0.5) is 5.69 Å². The summed E-state index contributed by atoms with van der Waals surface area (Å²) in [4.78, 5) is 0. The molecule has 2 rings (SSSR count). The van der Waals surface area contributed by atoms with E-state index in [0.29, 0.717) is 5.69 Å². The van der Waals surface area contributed by atoms with Crippen LogP contribution in [0.2, 0.25) is 0 Å². The molecular formula is C14H14BrNO. The molecule has 88 valence electrons. The number of aryl methyl sites for hydroxylation is 2. The van der Waals surface area contributed by atoms with Gasteiger partial charge >= 0.3 is 0 Å². The van der Waals surface area contributed by atoms with Crippen molar-refractivity contribution in [3.05, 3.63) is 52.0 Å². The number of ether oxygens (including phenoxy) is 1. The molecular weight excluding hydrogens is 278 g/mol. The Bertz CT molecular complexity index is 532. The van der Waals surface area contributed by atoms with Crippen LogP contribution >= 0.6 is 15.9 Å². The van der Waals surface area contributed by atoms with Crippen LogP contribution < -0.4 is 10.5 Å². The van der Waals surface area contributed by atoms with Crippen molar-refractivity contribution in [2.24, 2.45) is 0 Å². The zero-order valence-corrected chi connectivity index (χ0v) is 11.4. The largest absolute Gasteiger partial charge is 0.457 e. The Kier molecular flexibility index (Phi) is 3.38. The van der Waals surface area contributed by atoms with Crippen molar-refractivity contribution in [2.45, 2.75) is 13.8 Å². The lowest BCUT2D eigenvalue weighted by Crippen LogP contribution is -1.89. The van der Waals surface area contributed by atoms with E-state index < -0.39 is 0 Å². The second-order valence-corrected chi connectivity index (χ2v) is 4.96. The molecule has 0 aliphatic heterocycles. The maximum atomic E-state index is 5.79. The summed E-state index contributed by atoms with van der Waals surface area (Å²) in [5.41, 5.74) is 8.81. The first-order valence-electron chi connectivity index (χ1n) is 5.36. The van der Waals surface area contributed by atoms with Crippen LogP contribution in [0.15, 0.2) is 40.9 Å². The highest BCUT2D eigenvalue weighted by molar-refractivity contribution is 9.10. The molecule has 0 bridgehead atoms. The van der Waals surface area contributed by atoms with Gasteiger partial charge in [-0.1, -0.05) is 6.07 Å². The SMILES string of the molecule is Cc1cc(C)cc(Oc2ccc(N)c(Br)c2)c1. The van der Waals surface area contributed by atoms with E-state index >= 15 is 0 Å². The number of anilines is 1. The maximum Gasteiger partial charge on any atom is 0.128 e. The van der Waals surface area contributed by atoms with E-state index in [1.54, 1.807) is 0 Å². The Labute approximate surface area is 110 Å². The van der Waals surface area contributed by atoms with Crippen molar-refractivity contribution in [2.75, 3.05) is 5.73 Å². The summed E-state index contributed by atoms with van der Waals surface area (Å²) in [7, 11) is 0. The quantitative estimate of drug-likeness (QED) is 0.830. The predicted molar refractivity (Wildman–Crippen MR) is 74.5 cm³/mol. The third kappa shape index (κ3) is 3.01. The number of nitrogens with two attached hydrogens (primary N) is 1. The summed E-state index contributed by atoms with van der Waals surface area (Å²) < 4.78 is 6.64. The van der Waals surface area contributed by atoms with Gasteiger partial charge in [0, 0.05) is 10.2 Å². The van der Waals surface area contributed by atoms with Gasteiger partial charge in [0.25, 0.3) is 0 Å². The summed E-state index contributed by atoms with van der Waals surface area (Å²) in [5, 5.41) is 0. The summed E-state index contributed by atoms with van der Waals surface area (Å²) in [6.45, 7) is 4.11. The molecule has 2 N–H and O–H groups in total. The van der Waals surface area contributed by atoms with E-state index in [4.69, 9.17) is 10.5 Å². The number of nitrogen functional groups attached to an aromatic ring is 1. The molecule has 2 nitrogen and oxygen atoms in total. The van der Waals surface area contributed by atoms with Crippen molar-refractivity contribution in [1.82, 2.24) is 0 Å². The van der Waals surface area contributed by atoms with Gasteiger partial charge < -0.3 is 10.5 Å². The van der Waals surface area contributed by atoms with Gasteiger partial charge in [-0.25, -0.2) is 0 Å². The molecule has 0 radical (unpaired) electrons. The summed E-state index contributed by atoms with van der Waals surface area (Å²) in [6.07, 6.45) is 0. The first-order valence-corrected chi connectivity index (χ1v) is 6.15. The molecule has 3 heteroatoms.